The van der Waals surface area contributed by atoms with Crippen LogP contribution in [0.3, 0.4) is 0 Å². The summed E-state index contributed by atoms with van der Waals surface area (Å²) in [7, 11) is 0. The zero-order valence-electron chi connectivity index (χ0n) is 8.26. The first kappa shape index (κ1) is 8.80. The maximum Gasteiger partial charge on any atom is -0.0105 e. The molecule has 2 rings (SSSR count). The SMILES string of the molecule is C1=CCC(CC2=CCCCC2)=CC1. The molecule has 0 heteroatoms. The molecule has 0 aromatic carbocycles. The molecule has 0 fully saturated rings. The van der Waals surface area contributed by atoms with Crippen molar-refractivity contribution in [1.82, 2.24) is 0 Å². The van der Waals surface area contributed by atoms with E-state index in [2.05, 4.69) is 24.3 Å². The average Bonchev–Trinajstić information content (AvgIpc) is 2.21. The molecule has 0 radical (unpaired) electrons. The number of hydrogen-bond acceptors (Lipinski definition) is 0. The summed E-state index contributed by atoms with van der Waals surface area (Å²) >= 11 is 0. The third-order valence-electron chi connectivity index (χ3n) is 2.93. The molecule has 0 saturated heterocycles. The van der Waals surface area contributed by atoms with Gasteiger partial charge in [0.05, 0.1) is 0 Å². The summed E-state index contributed by atoms with van der Waals surface area (Å²) in [5.41, 5.74) is 3.32. The van der Waals surface area contributed by atoms with Crippen LogP contribution < -0.4 is 0 Å². The van der Waals surface area contributed by atoms with Gasteiger partial charge in [-0.1, -0.05) is 35.5 Å². The van der Waals surface area contributed by atoms with Gasteiger partial charge in [0.2, 0.25) is 0 Å². The molecule has 70 valence electrons. The van der Waals surface area contributed by atoms with E-state index in [0.29, 0.717) is 0 Å². The fourth-order valence-corrected chi connectivity index (χ4v) is 2.15. The summed E-state index contributed by atoms with van der Waals surface area (Å²) < 4.78 is 0. The van der Waals surface area contributed by atoms with E-state index in [1.54, 1.807) is 11.1 Å². The largest absolute Gasteiger partial charge is 0.0850 e. The second-order valence-electron chi connectivity index (χ2n) is 4.06. The summed E-state index contributed by atoms with van der Waals surface area (Å²) in [6.45, 7) is 0. The Hall–Kier alpha value is -0.780. The molecule has 0 nitrogen and oxygen atoms in total. The minimum atomic E-state index is 1.16. The lowest BCUT2D eigenvalue weighted by molar-refractivity contribution is 0.685. The first-order valence-electron chi connectivity index (χ1n) is 5.46. The smallest absolute Gasteiger partial charge is 0.0105 e. The summed E-state index contributed by atoms with van der Waals surface area (Å²) in [6, 6.07) is 0. The highest BCUT2D eigenvalue weighted by Gasteiger charge is 2.06. The molecular formula is C13H18. The minimum absolute atomic E-state index is 1.16. The van der Waals surface area contributed by atoms with Gasteiger partial charge in [-0.15, -0.1) is 0 Å². The van der Waals surface area contributed by atoms with E-state index in [1.165, 1.54) is 38.5 Å². The van der Waals surface area contributed by atoms with Gasteiger partial charge in [0.15, 0.2) is 0 Å². The Labute approximate surface area is 81.0 Å². The molecule has 0 aromatic heterocycles. The summed E-state index contributed by atoms with van der Waals surface area (Å²) in [4.78, 5) is 0. The summed E-state index contributed by atoms with van der Waals surface area (Å²) in [5.74, 6) is 0. The van der Waals surface area contributed by atoms with Gasteiger partial charge in [-0.2, -0.15) is 0 Å². The van der Waals surface area contributed by atoms with Crippen molar-refractivity contribution < 1.29 is 0 Å². The third-order valence-corrected chi connectivity index (χ3v) is 2.93. The lowest BCUT2D eigenvalue weighted by Gasteiger charge is -2.15. The van der Waals surface area contributed by atoms with E-state index in [4.69, 9.17) is 0 Å². The number of hydrogen-bond donors (Lipinski definition) is 0. The third kappa shape index (κ3) is 2.58. The molecule has 0 atom stereocenters. The molecule has 13 heavy (non-hydrogen) atoms. The zero-order chi connectivity index (χ0) is 8.93. The molecule has 0 N–H and O–H groups in total. The van der Waals surface area contributed by atoms with E-state index >= 15 is 0 Å². The second-order valence-corrected chi connectivity index (χ2v) is 4.06. The van der Waals surface area contributed by atoms with Crippen LogP contribution in [0.4, 0.5) is 0 Å². The van der Waals surface area contributed by atoms with Crippen molar-refractivity contribution >= 4 is 0 Å². The normalized spacial score (nSPS) is 22.5. The van der Waals surface area contributed by atoms with Crippen LogP contribution in [0.15, 0.2) is 35.5 Å². The van der Waals surface area contributed by atoms with Gasteiger partial charge in [0.1, 0.15) is 0 Å². The lowest BCUT2D eigenvalue weighted by Crippen LogP contribution is -1.95. The van der Waals surface area contributed by atoms with Crippen LogP contribution in [0.1, 0.15) is 44.9 Å². The van der Waals surface area contributed by atoms with Crippen molar-refractivity contribution in [2.24, 2.45) is 0 Å². The molecule has 2 aliphatic rings. The number of allylic oxidation sites excluding steroid dienone is 6. The Morgan fingerprint density at radius 3 is 2.69 bits per heavy atom. The van der Waals surface area contributed by atoms with Crippen LogP contribution >= 0.6 is 0 Å². The monoisotopic (exact) mass is 174 g/mol. The minimum Gasteiger partial charge on any atom is -0.0850 e. The molecule has 0 heterocycles. The van der Waals surface area contributed by atoms with Crippen LogP contribution in [0.25, 0.3) is 0 Å². The Bertz CT molecular complexity index is 247. The van der Waals surface area contributed by atoms with Crippen LogP contribution in [0.2, 0.25) is 0 Å². The van der Waals surface area contributed by atoms with Crippen LogP contribution in [-0.2, 0) is 0 Å². The first-order valence-corrected chi connectivity index (χ1v) is 5.46. The van der Waals surface area contributed by atoms with E-state index in [9.17, 15) is 0 Å². The maximum absolute atomic E-state index is 2.46. The Morgan fingerprint density at radius 1 is 1.00 bits per heavy atom. The zero-order valence-corrected chi connectivity index (χ0v) is 8.26. The highest BCUT2D eigenvalue weighted by molar-refractivity contribution is 5.22. The Morgan fingerprint density at radius 2 is 2.00 bits per heavy atom. The molecule has 0 amide bonds. The molecular weight excluding hydrogens is 156 g/mol. The van der Waals surface area contributed by atoms with Crippen molar-refractivity contribution in [1.29, 1.82) is 0 Å². The van der Waals surface area contributed by atoms with E-state index in [1.807, 2.05) is 0 Å². The van der Waals surface area contributed by atoms with Crippen molar-refractivity contribution in [3.05, 3.63) is 35.5 Å². The van der Waals surface area contributed by atoms with E-state index < -0.39 is 0 Å². The Kier molecular flexibility index (Phi) is 3.02. The van der Waals surface area contributed by atoms with Gasteiger partial charge in [-0.05, 0) is 44.9 Å². The van der Waals surface area contributed by atoms with Crippen LogP contribution in [0.5, 0.6) is 0 Å². The fraction of sp³-hybridized carbons (Fsp3) is 0.538. The molecule has 0 bridgehead atoms. The topological polar surface area (TPSA) is 0 Å². The molecule has 0 aliphatic heterocycles. The predicted octanol–water partition coefficient (Wildman–Crippen LogP) is 4.15. The van der Waals surface area contributed by atoms with Crippen LogP contribution in [-0.4, -0.2) is 0 Å². The van der Waals surface area contributed by atoms with Crippen LogP contribution in [0, 0.1) is 0 Å². The first-order chi connectivity index (χ1) is 6.45. The van der Waals surface area contributed by atoms with Gasteiger partial charge in [-0.3, -0.25) is 0 Å². The maximum atomic E-state index is 2.46. The molecule has 0 spiro atoms. The van der Waals surface area contributed by atoms with Crippen molar-refractivity contribution in [3.63, 3.8) is 0 Å². The van der Waals surface area contributed by atoms with Crippen molar-refractivity contribution in [2.75, 3.05) is 0 Å². The van der Waals surface area contributed by atoms with Gasteiger partial charge in [0.25, 0.3) is 0 Å². The summed E-state index contributed by atoms with van der Waals surface area (Å²) in [6.07, 6.45) is 18.5. The second kappa shape index (κ2) is 4.45. The average molecular weight is 174 g/mol. The van der Waals surface area contributed by atoms with Gasteiger partial charge >= 0.3 is 0 Å². The van der Waals surface area contributed by atoms with Gasteiger partial charge in [0, 0.05) is 0 Å². The van der Waals surface area contributed by atoms with Gasteiger partial charge in [-0.25, -0.2) is 0 Å². The predicted molar refractivity (Wildman–Crippen MR) is 57.6 cm³/mol. The van der Waals surface area contributed by atoms with E-state index in [-0.39, 0.29) is 0 Å². The highest BCUT2D eigenvalue weighted by atomic mass is 14.1. The Balaban J connectivity index is 1.89. The molecule has 2 aliphatic carbocycles. The summed E-state index contributed by atoms with van der Waals surface area (Å²) in [5, 5.41) is 0. The quantitative estimate of drug-likeness (QED) is 0.551. The lowest BCUT2D eigenvalue weighted by atomic mass is 9.91. The molecule has 0 saturated carbocycles. The van der Waals surface area contributed by atoms with Crippen molar-refractivity contribution in [2.45, 2.75) is 44.9 Å². The van der Waals surface area contributed by atoms with Crippen molar-refractivity contribution in [3.8, 4) is 0 Å². The van der Waals surface area contributed by atoms with Gasteiger partial charge < -0.3 is 0 Å². The highest BCUT2D eigenvalue weighted by Crippen LogP contribution is 2.26. The van der Waals surface area contributed by atoms with E-state index in [0.717, 1.165) is 6.42 Å². The fourth-order valence-electron chi connectivity index (χ4n) is 2.15. The standard InChI is InChI=1S/C13H18/c1-3-7-12(8-4-1)11-13-9-5-2-6-10-13/h1,3,8-9H,2,4-7,10-11H2. The number of rotatable bonds is 2. The molecule has 0 unspecified atom stereocenters. The molecule has 0 aromatic rings.